The summed E-state index contributed by atoms with van der Waals surface area (Å²) < 4.78 is 7.91. The van der Waals surface area contributed by atoms with Gasteiger partial charge in [0.2, 0.25) is 0 Å². The van der Waals surface area contributed by atoms with Crippen molar-refractivity contribution >= 4 is 39.2 Å². The molecular weight excluding hydrogens is 400 g/mol. The van der Waals surface area contributed by atoms with Crippen molar-refractivity contribution in [1.82, 2.24) is 14.0 Å². The minimum Gasteiger partial charge on any atom is -0.465 e. The van der Waals surface area contributed by atoms with Crippen molar-refractivity contribution in [3.63, 3.8) is 0 Å². The summed E-state index contributed by atoms with van der Waals surface area (Å²) >= 11 is 0. The molecular formula is C22H14N4O5. The molecule has 0 N–H and O–H groups in total. The molecule has 31 heavy (non-hydrogen) atoms. The normalized spacial score (nSPS) is 11.3. The first-order valence-corrected chi connectivity index (χ1v) is 9.28. The number of benzene rings is 2. The Labute approximate surface area is 173 Å². The molecule has 0 amide bonds. The molecule has 5 rings (SSSR count). The minimum absolute atomic E-state index is 0.0834. The van der Waals surface area contributed by atoms with Gasteiger partial charge in [0, 0.05) is 29.1 Å². The number of nitrogens with zero attached hydrogens (tertiary/aromatic N) is 4. The second-order valence-electron chi connectivity index (χ2n) is 6.88. The third-order valence-electron chi connectivity index (χ3n) is 5.16. The van der Waals surface area contributed by atoms with Gasteiger partial charge in [-0.2, -0.15) is 0 Å². The molecule has 0 aliphatic heterocycles. The van der Waals surface area contributed by atoms with Crippen LogP contribution in [0.1, 0.15) is 10.4 Å². The van der Waals surface area contributed by atoms with E-state index in [4.69, 9.17) is 4.74 Å². The highest BCUT2D eigenvalue weighted by Crippen LogP contribution is 2.27. The van der Waals surface area contributed by atoms with Crippen LogP contribution in [0.25, 0.3) is 33.3 Å². The van der Waals surface area contributed by atoms with Crippen LogP contribution in [0, 0.1) is 10.1 Å². The van der Waals surface area contributed by atoms with Crippen LogP contribution in [0.2, 0.25) is 0 Å². The monoisotopic (exact) mass is 414 g/mol. The quantitative estimate of drug-likeness (QED) is 0.254. The number of fused-ring (bicyclic) bond motifs is 5. The van der Waals surface area contributed by atoms with E-state index < -0.39 is 10.9 Å². The SMILES string of the molecule is COC(=O)c1ccc2nc3c4ccccc4c(=O)n(-c4ccc([N+](=O)[O-])cc4)c3n2c1. The number of pyridine rings is 2. The third kappa shape index (κ3) is 2.75. The van der Waals surface area contributed by atoms with Crippen LogP contribution in [0.4, 0.5) is 5.69 Å². The van der Waals surface area contributed by atoms with Crippen LogP contribution in [-0.4, -0.2) is 32.0 Å². The maximum absolute atomic E-state index is 13.5. The molecule has 3 heterocycles. The number of esters is 1. The molecule has 0 unspecified atom stereocenters. The number of carbonyl (C=O) groups is 1. The lowest BCUT2D eigenvalue weighted by Gasteiger charge is -2.11. The molecule has 0 saturated heterocycles. The predicted molar refractivity (Wildman–Crippen MR) is 114 cm³/mol. The fraction of sp³-hybridized carbons (Fsp3) is 0.0455. The maximum Gasteiger partial charge on any atom is 0.339 e. The molecule has 9 nitrogen and oxygen atoms in total. The fourth-order valence-electron chi connectivity index (χ4n) is 3.72. The van der Waals surface area contributed by atoms with Gasteiger partial charge in [0.05, 0.1) is 23.3 Å². The van der Waals surface area contributed by atoms with Crippen molar-refractivity contribution in [2.24, 2.45) is 0 Å². The number of ether oxygens (including phenoxy) is 1. The molecule has 0 spiro atoms. The first-order valence-electron chi connectivity index (χ1n) is 9.28. The van der Waals surface area contributed by atoms with Crippen LogP contribution in [-0.2, 0) is 4.74 Å². The van der Waals surface area contributed by atoms with Crippen molar-refractivity contribution < 1.29 is 14.5 Å². The Hall–Kier alpha value is -4.53. The Balaban J connectivity index is 1.95. The largest absolute Gasteiger partial charge is 0.465 e. The van der Waals surface area contributed by atoms with Gasteiger partial charge in [0.25, 0.3) is 11.2 Å². The number of imidazole rings is 1. The number of aromatic nitrogens is 3. The Bertz CT molecular complexity index is 1580. The Morgan fingerprint density at radius 1 is 1.03 bits per heavy atom. The fourth-order valence-corrected chi connectivity index (χ4v) is 3.72. The molecule has 0 atom stereocenters. The van der Waals surface area contributed by atoms with Crippen LogP contribution in [0.15, 0.2) is 71.7 Å². The molecule has 2 aromatic carbocycles. The zero-order chi connectivity index (χ0) is 21.7. The standard InChI is InChI=1S/C22H14N4O5/c1-31-22(28)13-6-11-18-23-19-16-4-2-3-5-17(16)21(27)25(20(19)24(18)12-13)14-7-9-15(10-8-14)26(29)30/h2-12H,1H3. The van der Waals surface area contributed by atoms with E-state index in [1.807, 2.05) is 12.1 Å². The Morgan fingerprint density at radius 3 is 2.42 bits per heavy atom. The van der Waals surface area contributed by atoms with Gasteiger partial charge in [0.15, 0.2) is 5.65 Å². The Kier molecular flexibility index (Phi) is 4.04. The average molecular weight is 414 g/mol. The van der Waals surface area contributed by atoms with E-state index in [1.54, 1.807) is 34.9 Å². The first kappa shape index (κ1) is 18.5. The third-order valence-corrected chi connectivity index (χ3v) is 5.16. The van der Waals surface area contributed by atoms with Gasteiger partial charge >= 0.3 is 5.97 Å². The van der Waals surface area contributed by atoms with Gasteiger partial charge in [-0.3, -0.25) is 23.9 Å². The van der Waals surface area contributed by atoms with Crippen LogP contribution in [0.5, 0.6) is 0 Å². The van der Waals surface area contributed by atoms with Crippen LogP contribution in [0.3, 0.4) is 0 Å². The summed E-state index contributed by atoms with van der Waals surface area (Å²) in [5.74, 6) is -0.520. The minimum atomic E-state index is -0.520. The molecule has 0 saturated carbocycles. The summed E-state index contributed by atoms with van der Waals surface area (Å²) in [5, 5.41) is 12.2. The molecule has 0 fully saturated rings. The molecule has 9 heteroatoms. The van der Waals surface area contributed by atoms with Gasteiger partial charge in [0.1, 0.15) is 11.2 Å². The van der Waals surface area contributed by atoms with Gasteiger partial charge < -0.3 is 4.74 Å². The first-order chi connectivity index (χ1) is 15.0. The van der Waals surface area contributed by atoms with Crippen LogP contribution >= 0.6 is 0 Å². The zero-order valence-electron chi connectivity index (χ0n) is 16.2. The number of hydrogen-bond donors (Lipinski definition) is 0. The summed E-state index contributed by atoms with van der Waals surface area (Å²) in [4.78, 5) is 40.8. The second kappa shape index (κ2) is 6.77. The number of carbonyl (C=O) groups excluding carboxylic acids is 1. The summed E-state index contributed by atoms with van der Waals surface area (Å²) in [6.45, 7) is 0. The summed E-state index contributed by atoms with van der Waals surface area (Å²) in [6.07, 6.45) is 1.56. The second-order valence-corrected chi connectivity index (χ2v) is 6.88. The van der Waals surface area contributed by atoms with Crippen molar-refractivity contribution in [3.8, 4) is 5.69 Å². The molecule has 0 radical (unpaired) electrons. The van der Waals surface area contributed by atoms with E-state index in [1.165, 1.54) is 35.9 Å². The lowest BCUT2D eigenvalue weighted by atomic mass is 10.1. The Morgan fingerprint density at radius 2 is 1.74 bits per heavy atom. The molecule has 0 aliphatic rings. The maximum atomic E-state index is 13.5. The molecule has 152 valence electrons. The van der Waals surface area contributed by atoms with Gasteiger partial charge in [-0.25, -0.2) is 9.78 Å². The summed E-state index contributed by atoms with van der Waals surface area (Å²) in [7, 11) is 1.29. The van der Waals surface area contributed by atoms with Crippen molar-refractivity contribution in [1.29, 1.82) is 0 Å². The van der Waals surface area contributed by atoms with Crippen molar-refractivity contribution in [2.75, 3.05) is 7.11 Å². The van der Waals surface area contributed by atoms with E-state index in [2.05, 4.69) is 4.98 Å². The van der Waals surface area contributed by atoms with Gasteiger partial charge in [-0.05, 0) is 30.3 Å². The number of rotatable bonds is 3. The van der Waals surface area contributed by atoms with E-state index >= 15 is 0 Å². The number of non-ortho nitro benzene ring substituents is 1. The summed E-state index contributed by atoms with van der Waals surface area (Å²) in [5.41, 5.74) is 1.90. The highest BCUT2D eigenvalue weighted by atomic mass is 16.6. The predicted octanol–water partition coefficient (Wildman–Crippen LogP) is 3.49. The molecule has 0 bridgehead atoms. The van der Waals surface area contributed by atoms with E-state index in [9.17, 15) is 19.7 Å². The van der Waals surface area contributed by atoms with Crippen molar-refractivity contribution in [3.05, 3.63) is 92.9 Å². The van der Waals surface area contributed by atoms with Gasteiger partial charge in [-0.1, -0.05) is 18.2 Å². The lowest BCUT2D eigenvalue weighted by Crippen LogP contribution is -2.20. The van der Waals surface area contributed by atoms with Crippen molar-refractivity contribution in [2.45, 2.75) is 0 Å². The molecule has 0 aliphatic carbocycles. The summed E-state index contributed by atoms with van der Waals surface area (Å²) in [6, 6.07) is 16.1. The van der Waals surface area contributed by atoms with E-state index in [0.29, 0.717) is 38.8 Å². The molecule has 3 aromatic heterocycles. The highest BCUT2D eigenvalue weighted by molar-refractivity contribution is 6.04. The lowest BCUT2D eigenvalue weighted by molar-refractivity contribution is -0.384. The van der Waals surface area contributed by atoms with E-state index in [-0.39, 0.29) is 11.2 Å². The van der Waals surface area contributed by atoms with Gasteiger partial charge in [-0.15, -0.1) is 0 Å². The highest BCUT2D eigenvalue weighted by Gasteiger charge is 2.19. The number of nitro benzene ring substituents is 1. The van der Waals surface area contributed by atoms with E-state index in [0.717, 1.165) is 0 Å². The smallest absolute Gasteiger partial charge is 0.339 e. The van der Waals surface area contributed by atoms with Crippen LogP contribution < -0.4 is 5.56 Å². The number of hydrogen-bond acceptors (Lipinski definition) is 6. The zero-order valence-corrected chi connectivity index (χ0v) is 16.2. The topological polar surface area (TPSA) is 109 Å². The number of methoxy groups -OCH3 is 1. The number of nitro groups is 1. The average Bonchev–Trinajstić information content (AvgIpc) is 3.18. The molecule has 5 aromatic rings.